The topological polar surface area (TPSA) is 70.6 Å². The summed E-state index contributed by atoms with van der Waals surface area (Å²) >= 11 is 0. The maximum Gasteiger partial charge on any atom is 0.328 e. The zero-order valence-corrected chi connectivity index (χ0v) is 20.3. The molecule has 184 valence electrons. The first-order valence-electron chi connectivity index (χ1n) is 12.1. The number of allylic oxidation sites excluding steroid dienone is 1. The number of rotatable bonds is 7. The summed E-state index contributed by atoms with van der Waals surface area (Å²) in [5, 5.41) is 8.98. The number of aryl methyl sites for hydroxylation is 1. The minimum Gasteiger partial charge on any atom is -0.497 e. The standard InChI is InChI=1S/C30H29FN2O3/c1-18-16-23(36-2)12-13-24(18)29(20-4-3-5-20)28(21-9-6-19(7-10-21)8-15-27(34)35)22-11-14-26-25(17-22)30(31)33-32-26/h6-17,20,30,32-33H,3-5H2,1-2H3,(H,34,35)/b15-8+,29-28+. The fourth-order valence-corrected chi connectivity index (χ4v) is 4.99. The van der Waals surface area contributed by atoms with Crippen LogP contribution in [0.3, 0.4) is 0 Å². The van der Waals surface area contributed by atoms with Gasteiger partial charge in [0.1, 0.15) is 5.75 Å². The number of hydrogen-bond acceptors (Lipinski definition) is 4. The van der Waals surface area contributed by atoms with E-state index in [9.17, 15) is 9.18 Å². The largest absolute Gasteiger partial charge is 0.497 e. The van der Waals surface area contributed by atoms with Gasteiger partial charge in [-0.15, -0.1) is 0 Å². The molecule has 1 heterocycles. The molecule has 3 aromatic rings. The molecule has 0 aromatic heterocycles. The summed E-state index contributed by atoms with van der Waals surface area (Å²) < 4.78 is 20.1. The summed E-state index contributed by atoms with van der Waals surface area (Å²) in [7, 11) is 1.67. The third-order valence-electron chi connectivity index (χ3n) is 7.07. The van der Waals surface area contributed by atoms with Crippen LogP contribution < -0.4 is 15.6 Å². The van der Waals surface area contributed by atoms with Gasteiger partial charge in [-0.1, -0.05) is 42.8 Å². The van der Waals surface area contributed by atoms with Crippen LogP contribution in [0.4, 0.5) is 10.1 Å². The summed E-state index contributed by atoms with van der Waals surface area (Å²) in [6, 6.07) is 19.9. The number of halogens is 1. The Morgan fingerprint density at radius 2 is 1.81 bits per heavy atom. The van der Waals surface area contributed by atoms with Crippen molar-refractivity contribution in [2.24, 2.45) is 5.92 Å². The Hall–Kier alpha value is -3.90. The highest BCUT2D eigenvalue weighted by Crippen LogP contribution is 2.47. The van der Waals surface area contributed by atoms with E-state index >= 15 is 0 Å². The zero-order chi connectivity index (χ0) is 25.2. The van der Waals surface area contributed by atoms with Crippen molar-refractivity contribution in [1.82, 2.24) is 5.43 Å². The van der Waals surface area contributed by atoms with Gasteiger partial charge in [0.15, 0.2) is 6.30 Å². The Bertz CT molecular complexity index is 1360. The normalized spacial score (nSPS) is 17.8. The molecule has 0 amide bonds. The molecule has 36 heavy (non-hydrogen) atoms. The summed E-state index contributed by atoms with van der Waals surface area (Å²) in [5.41, 5.74) is 14.3. The van der Waals surface area contributed by atoms with Gasteiger partial charge in [-0.05, 0) is 95.0 Å². The average molecular weight is 485 g/mol. The highest BCUT2D eigenvalue weighted by Gasteiger charge is 2.29. The zero-order valence-electron chi connectivity index (χ0n) is 20.3. The number of ether oxygens (including phenoxy) is 1. The van der Waals surface area contributed by atoms with Crippen molar-refractivity contribution in [1.29, 1.82) is 0 Å². The molecule has 1 unspecified atom stereocenters. The number of alkyl halides is 1. The maximum absolute atomic E-state index is 14.6. The molecule has 2 aliphatic rings. The minimum absolute atomic E-state index is 0.393. The van der Waals surface area contributed by atoms with E-state index in [-0.39, 0.29) is 0 Å². The van der Waals surface area contributed by atoms with Gasteiger partial charge in [-0.25, -0.2) is 14.6 Å². The number of nitrogens with one attached hydrogen (secondary N) is 2. The number of hydrazine groups is 1. The van der Waals surface area contributed by atoms with Crippen LogP contribution in [-0.4, -0.2) is 18.2 Å². The third kappa shape index (κ3) is 4.64. The number of carbonyl (C=O) groups is 1. The maximum atomic E-state index is 14.6. The molecule has 0 radical (unpaired) electrons. The molecule has 0 spiro atoms. The lowest BCUT2D eigenvalue weighted by Crippen LogP contribution is -2.16. The van der Waals surface area contributed by atoms with Crippen LogP contribution in [0.25, 0.3) is 17.2 Å². The van der Waals surface area contributed by atoms with Crippen LogP contribution in [0.1, 0.15) is 58.9 Å². The number of anilines is 1. The Morgan fingerprint density at radius 3 is 2.44 bits per heavy atom. The lowest BCUT2D eigenvalue weighted by Gasteiger charge is -2.32. The summed E-state index contributed by atoms with van der Waals surface area (Å²) in [6.45, 7) is 2.10. The number of carboxylic acids is 1. The number of carboxylic acid groups (broad SMARTS) is 1. The first-order chi connectivity index (χ1) is 17.4. The highest BCUT2D eigenvalue weighted by molar-refractivity contribution is 6.00. The van der Waals surface area contributed by atoms with Crippen LogP contribution in [0, 0.1) is 12.8 Å². The van der Waals surface area contributed by atoms with Gasteiger partial charge in [0.2, 0.25) is 0 Å². The molecule has 1 atom stereocenters. The van der Waals surface area contributed by atoms with Crippen molar-refractivity contribution in [2.75, 3.05) is 12.5 Å². The second kappa shape index (κ2) is 9.99. The van der Waals surface area contributed by atoms with Gasteiger partial charge in [-0.2, -0.15) is 0 Å². The van der Waals surface area contributed by atoms with E-state index in [0.29, 0.717) is 11.5 Å². The Kier molecular flexibility index (Phi) is 6.61. The molecule has 0 bridgehead atoms. The number of methoxy groups -OCH3 is 1. The first-order valence-corrected chi connectivity index (χ1v) is 12.1. The lowest BCUT2D eigenvalue weighted by molar-refractivity contribution is -0.131. The van der Waals surface area contributed by atoms with Crippen molar-refractivity contribution in [3.05, 3.63) is 100 Å². The molecular weight excluding hydrogens is 455 g/mol. The summed E-state index contributed by atoms with van der Waals surface area (Å²) in [4.78, 5) is 10.9. The van der Waals surface area contributed by atoms with Crippen molar-refractivity contribution in [3.8, 4) is 5.75 Å². The number of benzene rings is 3. The van der Waals surface area contributed by atoms with Crippen LogP contribution in [-0.2, 0) is 4.79 Å². The molecule has 6 heteroatoms. The van der Waals surface area contributed by atoms with Crippen LogP contribution in [0.2, 0.25) is 0 Å². The van der Waals surface area contributed by atoms with Crippen molar-refractivity contribution in [2.45, 2.75) is 32.5 Å². The quantitative estimate of drug-likeness (QED) is 0.196. The molecule has 1 saturated carbocycles. The number of aliphatic carboxylic acids is 1. The van der Waals surface area contributed by atoms with E-state index in [1.165, 1.54) is 17.6 Å². The second-order valence-electron chi connectivity index (χ2n) is 9.32. The predicted molar refractivity (Wildman–Crippen MR) is 141 cm³/mol. The van der Waals surface area contributed by atoms with Gasteiger partial charge in [0.25, 0.3) is 0 Å². The summed E-state index contributed by atoms with van der Waals surface area (Å²) in [6.07, 6.45) is 4.82. The molecular formula is C30H29FN2O3. The molecule has 1 fully saturated rings. The molecule has 3 N–H and O–H groups in total. The molecule has 1 aliphatic heterocycles. The van der Waals surface area contributed by atoms with E-state index in [0.717, 1.165) is 58.2 Å². The SMILES string of the molecule is COc1ccc(/C(=C(\c2ccc(/C=C/C(=O)O)cc2)c2ccc3c(c2)C(F)NN3)C2CCC2)c(C)c1. The van der Waals surface area contributed by atoms with Gasteiger partial charge in [-0.3, -0.25) is 0 Å². The molecule has 5 rings (SSSR count). The van der Waals surface area contributed by atoms with E-state index < -0.39 is 12.3 Å². The molecule has 5 nitrogen and oxygen atoms in total. The summed E-state index contributed by atoms with van der Waals surface area (Å²) in [5.74, 6) is 0.225. The predicted octanol–water partition coefficient (Wildman–Crippen LogP) is 6.76. The Balaban J connectivity index is 1.73. The monoisotopic (exact) mass is 484 g/mol. The second-order valence-corrected chi connectivity index (χ2v) is 9.32. The van der Waals surface area contributed by atoms with E-state index in [1.54, 1.807) is 13.2 Å². The van der Waals surface area contributed by atoms with Gasteiger partial charge < -0.3 is 15.3 Å². The van der Waals surface area contributed by atoms with E-state index in [4.69, 9.17) is 9.84 Å². The smallest absolute Gasteiger partial charge is 0.328 e. The fourth-order valence-electron chi connectivity index (χ4n) is 4.99. The minimum atomic E-state index is -1.28. The Morgan fingerprint density at radius 1 is 1.06 bits per heavy atom. The first kappa shape index (κ1) is 23.8. The molecule has 0 saturated heterocycles. The van der Waals surface area contributed by atoms with E-state index in [1.807, 2.05) is 48.5 Å². The van der Waals surface area contributed by atoms with Gasteiger partial charge in [0.05, 0.1) is 12.8 Å². The lowest BCUT2D eigenvalue weighted by atomic mass is 9.72. The van der Waals surface area contributed by atoms with Crippen LogP contribution >= 0.6 is 0 Å². The number of fused-ring (bicyclic) bond motifs is 1. The average Bonchev–Trinajstić information content (AvgIpc) is 3.22. The highest BCUT2D eigenvalue weighted by atomic mass is 19.1. The molecule has 3 aromatic carbocycles. The van der Waals surface area contributed by atoms with Crippen LogP contribution in [0.5, 0.6) is 5.75 Å². The van der Waals surface area contributed by atoms with Crippen molar-refractivity contribution >= 4 is 28.9 Å². The van der Waals surface area contributed by atoms with Crippen LogP contribution in [0.15, 0.2) is 66.7 Å². The van der Waals surface area contributed by atoms with E-state index in [2.05, 4.69) is 29.9 Å². The third-order valence-corrected chi connectivity index (χ3v) is 7.07. The molecule has 1 aliphatic carbocycles. The Labute approximate surface area is 210 Å². The fraction of sp³-hybridized carbons (Fsp3) is 0.233. The van der Waals surface area contributed by atoms with Gasteiger partial charge >= 0.3 is 5.97 Å². The van der Waals surface area contributed by atoms with Crippen molar-refractivity contribution in [3.63, 3.8) is 0 Å². The van der Waals surface area contributed by atoms with Gasteiger partial charge in [0, 0.05) is 11.6 Å². The number of hydrogen-bond donors (Lipinski definition) is 3. The van der Waals surface area contributed by atoms with Crippen molar-refractivity contribution < 1.29 is 19.0 Å².